The number of methoxy groups -OCH3 is 1. The van der Waals surface area contributed by atoms with Crippen LogP contribution in [-0.4, -0.2) is 43.5 Å². The zero-order valence-electron chi connectivity index (χ0n) is 11.3. The largest absolute Gasteiger partial charge is 0.467 e. The van der Waals surface area contributed by atoms with E-state index in [4.69, 9.17) is 9.47 Å². The molecular weight excluding hydrogens is 238 g/mol. The fraction of sp³-hybridized carbons (Fsp3) is 0.833. The van der Waals surface area contributed by atoms with Crippen molar-refractivity contribution in [2.45, 2.75) is 51.4 Å². The molecule has 1 saturated heterocycles. The fourth-order valence-electron chi connectivity index (χ4n) is 1.74. The number of rotatable bonds is 2. The highest BCUT2D eigenvalue weighted by Gasteiger charge is 2.34. The molecule has 1 amide bonds. The summed E-state index contributed by atoms with van der Waals surface area (Å²) in [5.74, 6) is -0.476. The van der Waals surface area contributed by atoms with E-state index in [-0.39, 0.29) is 0 Å². The van der Waals surface area contributed by atoms with E-state index in [1.165, 1.54) is 7.11 Å². The van der Waals surface area contributed by atoms with Gasteiger partial charge in [-0.05, 0) is 33.6 Å². The van der Waals surface area contributed by atoms with E-state index in [2.05, 4.69) is 10.1 Å². The summed E-state index contributed by atoms with van der Waals surface area (Å²) >= 11 is 0. The lowest BCUT2D eigenvalue weighted by Gasteiger charge is -2.31. The quantitative estimate of drug-likeness (QED) is 0.755. The minimum absolute atomic E-state index is 0.402. The number of nitrogens with one attached hydrogen (secondary N) is 1. The third-order valence-corrected chi connectivity index (χ3v) is 2.46. The molecular formula is C12H21NO5. The Hall–Kier alpha value is -1.30. The monoisotopic (exact) mass is 259 g/mol. The van der Waals surface area contributed by atoms with E-state index in [1.807, 2.05) is 0 Å². The zero-order valence-corrected chi connectivity index (χ0v) is 11.3. The predicted octanol–water partition coefficient (Wildman–Crippen LogP) is 1.23. The third-order valence-electron chi connectivity index (χ3n) is 2.46. The van der Waals surface area contributed by atoms with E-state index < -0.39 is 29.8 Å². The van der Waals surface area contributed by atoms with Crippen molar-refractivity contribution in [2.24, 2.45) is 0 Å². The number of carbonyl (C=O) groups is 2. The van der Waals surface area contributed by atoms with Crippen molar-refractivity contribution < 1.29 is 23.8 Å². The summed E-state index contributed by atoms with van der Waals surface area (Å²) < 4.78 is 15.1. The van der Waals surface area contributed by atoms with Crippen LogP contribution in [0.25, 0.3) is 0 Å². The molecule has 1 rings (SSSR count). The molecule has 6 nitrogen and oxygen atoms in total. The molecule has 1 heterocycles. The second-order valence-corrected chi connectivity index (χ2v) is 5.21. The molecule has 0 radical (unpaired) electrons. The number of alkyl carbamates (subject to hydrolysis) is 1. The summed E-state index contributed by atoms with van der Waals surface area (Å²) in [6.45, 7) is 5.83. The molecule has 0 aromatic heterocycles. The van der Waals surface area contributed by atoms with Crippen LogP contribution in [0.1, 0.15) is 33.6 Å². The van der Waals surface area contributed by atoms with Crippen molar-refractivity contribution in [2.75, 3.05) is 13.7 Å². The van der Waals surface area contributed by atoms with E-state index in [9.17, 15) is 9.59 Å². The minimum atomic E-state index is -0.753. The van der Waals surface area contributed by atoms with Crippen molar-refractivity contribution in [3.63, 3.8) is 0 Å². The highest BCUT2D eigenvalue weighted by molar-refractivity contribution is 5.77. The number of esters is 1. The van der Waals surface area contributed by atoms with Crippen molar-refractivity contribution in [1.82, 2.24) is 5.32 Å². The molecule has 18 heavy (non-hydrogen) atoms. The zero-order chi connectivity index (χ0) is 13.8. The van der Waals surface area contributed by atoms with Crippen molar-refractivity contribution >= 4 is 12.1 Å². The Kier molecular flexibility index (Phi) is 4.95. The van der Waals surface area contributed by atoms with Crippen LogP contribution >= 0.6 is 0 Å². The van der Waals surface area contributed by atoms with Crippen LogP contribution < -0.4 is 5.32 Å². The molecule has 1 fully saturated rings. The molecule has 1 N–H and O–H groups in total. The Morgan fingerprint density at radius 3 is 2.56 bits per heavy atom. The van der Waals surface area contributed by atoms with Crippen LogP contribution in [0.3, 0.4) is 0 Å². The Labute approximate surface area is 107 Å². The summed E-state index contributed by atoms with van der Waals surface area (Å²) in [5, 5.41) is 2.65. The first-order valence-corrected chi connectivity index (χ1v) is 6.02. The molecule has 0 spiro atoms. The lowest BCUT2D eigenvalue weighted by molar-refractivity contribution is -0.159. The smallest absolute Gasteiger partial charge is 0.407 e. The average Bonchev–Trinajstić information content (AvgIpc) is 2.26. The van der Waals surface area contributed by atoms with Crippen molar-refractivity contribution in [3.05, 3.63) is 0 Å². The van der Waals surface area contributed by atoms with Gasteiger partial charge in [0, 0.05) is 6.61 Å². The van der Waals surface area contributed by atoms with Gasteiger partial charge in [-0.15, -0.1) is 0 Å². The van der Waals surface area contributed by atoms with Gasteiger partial charge < -0.3 is 19.5 Å². The van der Waals surface area contributed by atoms with Gasteiger partial charge in [-0.25, -0.2) is 9.59 Å². The molecule has 0 aromatic carbocycles. The maximum Gasteiger partial charge on any atom is 0.407 e. The SMILES string of the molecule is COC(=O)[C@H]1OCCC[C@H]1NC(=O)OC(C)(C)C. The van der Waals surface area contributed by atoms with Crippen LogP contribution in [0.4, 0.5) is 4.79 Å². The van der Waals surface area contributed by atoms with Gasteiger partial charge in [-0.2, -0.15) is 0 Å². The third kappa shape index (κ3) is 4.52. The van der Waals surface area contributed by atoms with Gasteiger partial charge >= 0.3 is 12.1 Å². The van der Waals surface area contributed by atoms with E-state index >= 15 is 0 Å². The minimum Gasteiger partial charge on any atom is -0.467 e. The molecule has 0 aromatic rings. The maximum absolute atomic E-state index is 11.6. The first-order valence-electron chi connectivity index (χ1n) is 6.02. The highest BCUT2D eigenvalue weighted by Crippen LogP contribution is 2.16. The van der Waals surface area contributed by atoms with Gasteiger partial charge in [0.25, 0.3) is 0 Å². The van der Waals surface area contributed by atoms with E-state index in [0.29, 0.717) is 13.0 Å². The van der Waals surface area contributed by atoms with Crippen LogP contribution in [0.2, 0.25) is 0 Å². The fourth-order valence-corrected chi connectivity index (χ4v) is 1.74. The number of carbonyl (C=O) groups excluding carboxylic acids is 2. The Morgan fingerprint density at radius 1 is 1.33 bits per heavy atom. The van der Waals surface area contributed by atoms with Gasteiger partial charge in [-0.3, -0.25) is 0 Å². The normalized spacial score (nSPS) is 24.2. The average molecular weight is 259 g/mol. The van der Waals surface area contributed by atoms with Gasteiger partial charge in [-0.1, -0.05) is 0 Å². The van der Waals surface area contributed by atoms with Crippen LogP contribution in [0, 0.1) is 0 Å². The van der Waals surface area contributed by atoms with Crippen LogP contribution in [-0.2, 0) is 19.0 Å². The maximum atomic E-state index is 11.6. The van der Waals surface area contributed by atoms with Gasteiger partial charge in [0.2, 0.25) is 0 Å². The lowest BCUT2D eigenvalue weighted by Crippen LogP contribution is -2.52. The summed E-state index contributed by atoms with van der Waals surface area (Å²) in [5.41, 5.74) is -0.569. The van der Waals surface area contributed by atoms with Gasteiger partial charge in [0.05, 0.1) is 13.2 Å². The molecule has 1 aliphatic rings. The number of ether oxygens (including phenoxy) is 3. The standard InChI is InChI=1S/C12H21NO5/c1-12(2,3)18-11(15)13-8-6-5-7-17-9(8)10(14)16-4/h8-9H,5-7H2,1-4H3,(H,13,15)/t8-,9+/m1/s1. The molecule has 0 bridgehead atoms. The molecule has 0 saturated carbocycles. The molecule has 0 unspecified atom stereocenters. The second kappa shape index (κ2) is 6.04. The Morgan fingerprint density at radius 2 is 2.00 bits per heavy atom. The van der Waals surface area contributed by atoms with Crippen LogP contribution in [0.15, 0.2) is 0 Å². The Bertz CT molecular complexity index is 310. The first-order chi connectivity index (χ1) is 8.33. The predicted molar refractivity (Wildman–Crippen MR) is 64.1 cm³/mol. The first kappa shape index (κ1) is 14.8. The topological polar surface area (TPSA) is 73.9 Å². The molecule has 0 aliphatic carbocycles. The molecule has 104 valence electrons. The lowest BCUT2D eigenvalue weighted by atomic mass is 10.0. The summed E-state index contributed by atoms with van der Waals surface area (Å²) in [4.78, 5) is 23.1. The number of hydrogen-bond donors (Lipinski definition) is 1. The number of amides is 1. The van der Waals surface area contributed by atoms with E-state index in [0.717, 1.165) is 6.42 Å². The molecule has 1 aliphatic heterocycles. The summed E-state index contributed by atoms with van der Waals surface area (Å²) in [6.07, 6.45) is 0.149. The molecule has 2 atom stereocenters. The van der Waals surface area contributed by atoms with Crippen molar-refractivity contribution in [1.29, 1.82) is 0 Å². The van der Waals surface area contributed by atoms with E-state index in [1.54, 1.807) is 20.8 Å². The van der Waals surface area contributed by atoms with Crippen molar-refractivity contribution in [3.8, 4) is 0 Å². The Balaban J connectivity index is 2.57. The highest BCUT2D eigenvalue weighted by atomic mass is 16.6. The van der Waals surface area contributed by atoms with Crippen LogP contribution in [0.5, 0.6) is 0 Å². The summed E-state index contributed by atoms with van der Waals surface area (Å²) in [6, 6.07) is -0.402. The summed E-state index contributed by atoms with van der Waals surface area (Å²) in [7, 11) is 1.30. The molecule has 6 heteroatoms. The second-order valence-electron chi connectivity index (χ2n) is 5.21. The van der Waals surface area contributed by atoms with Gasteiger partial charge in [0.15, 0.2) is 6.10 Å². The number of hydrogen-bond acceptors (Lipinski definition) is 5. The van der Waals surface area contributed by atoms with Gasteiger partial charge in [0.1, 0.15) is 5.60 Å².